The van der Waals surface area contributed by atoms with Crippen LogP contribution in [0.15, 0.2) is 28.7 Å². The maximum atomic E-state index is 11.9. The highest BCUT2D eigenvalue weighted by Crippen LogP contribution is 2.11. The monoisotopic (exact) mass is 409 g/mol. The van der Waals surface area contributed by atoms with Gasteiger partial charge in [-0.15, -0.1) is 0 Å². The summed E-state index contributed by atoms with van der Waals surface area (Å²) in [6, 6.07) is 6.93. The summed E-state index contributed by atoms with van der Waals surface area (Å²) in [5.74, 6) is -0.295. The van der Waals surface area contributed by atoms with E-state index >= 15 is 0 Å². The van der Waals surface area contributed by atoms with Gasteiger partial charge in [0.15, 0.2) is 0 Å². The lowest BCUT2D eigenvalue weighted by atomic mass is 10.2. The Morgan fingerprint density at radius 3 is 2.60 bits per heavy atom. The van der Waals surface area contributed by atoms with Gasteiger partial charge < -0.3 is 15.5 Å². The second-order valence-corrected chi connectivity index (χ2v) is 7.00. The van der Waals surface area contributed by atoms with E-state index in [1.807, 2.05) is 4.90 Å². The minimum atomic E-state index is -0.280. The van der Waals surface area contributed by atoms with Gasteiger partial charge in [0.05, 0.1) is 6.54 Å². The molecular weight excluding hydrogens is 386 g/mol. The molecule has 1 heterocycles. The summed E-state index contributed by atoms with van der Waals surface area (Å²) in [6.07, 6.45) is 4.49. The first-order valence-corrected chi connectivity index (χ1v) is 9.44. The van der Waals surface area contributed by atoms with E-state index in [9.17, 15) is 14.4 Å². The Bertz CT molecular complexity index is 604. The maximum Gasteiger partial charge on any atom is 0.251 e. The molecule has 1 aromatic rings. The Morgan fingerprint density at radius 1 is 1.08 bits per heavy atom. The number of nitrogens with zero attached hydrogens (tertiary/aromatic N) is 1. The SMILES string of the molecule is O=C(CNC(=O)c1ccc(Br)cc1)NCCCN1CCCCCC1=O. The van der Waals surface area contributed by atoms with E-state index in [4.69, 9.17) is 0 Å². The van der Waals surface area contributed by atoms with Crippen molar-refractivity contribution in [3.63, 3.8) is 0 Å². The molecule has 1 fully saturated rings. The van der Waals surface area contributed by atoms with Crippen LogP contribution in [0.25, 0.3) is 0 Å². The van der Waals surface area contributed by atoms with Crippen LogP contribution in [0.3, 0.4) is 0 Å². The molecule has 1 aliphatic heterocycles. The predicted molar refractivity (Wildman–Crippen MR) is 99.1 cm³/mol. The van der Waals surface area contributed by atoms with Gasteiger partial charge >= 0.3 is 0 Å². The molecule has 0 radical (unpaired) electrons. The van der Waals surface area contributed by atoms with Crippen LogP contribution in [0.1, 0.15) is 42.5 Å². The van der Waals surface area contributed by atoms with Crippen molar-refractivity contribution in [2.75, 3.05) is 26.2 Å². The Kier molecular flexibility index (Phi) is 7.91. The molecule has 3 amide bonds. The molecule has 0 aliphatic carbocycles. The summed E-state index contributed by atoms with van der Waals surface area (Å²) in [4.78, 5) is 37.5. The fraction of sp³-hybridized carbons (Fsp3) is 0.500. The van der Waals surface area contributed by atoms with Crippen molar-refractivity contribution < 1.29 is 14.4 Å². The highest BCUT2D eigenvalue weighted by atomic mass is 79.9. The topological polar surface area (TPSA) is 78.5 Å². The Labute approximate surface area is 156 Å². The van der Waals surface area contributed by atoms with Gasteiger partial charge in [0.2, 0.25) is 11.8 Å². The molecule has 1 aromatic carbocycles. The van der Waals surface area contributed by atoms with E-state index in [1.54, 1.807) is 24.3 Å². The fourth-order valence-electron chi connectivity index (χ4n) is 2.70. The van der Waals surface area contributed by atoms with E-state index in [-0.39, 0.29) is 24.3 Å². The molecule has 0 atom stereocenters. The number of hydrogen-bond donors (Lipinski definition) is 2. The van der Waals surface area contributed by atoms with E-state index in [0.29, 0.717) is 25.1 Å². The summed E-state index contributed by atoms with van der Waals surface area (Å²) < 4.78 is 0.893. The molecule has 1 aliphatic rings. The average molecular weight is 410 g/mol. The maximum absolute atomic E-state index is 11.9. The minimum absolute atomic E-state index is 0.0580. The molecule has 7 heteroatoms. The first kappa shape index (κ1) is 19.4. The van der Waals surface area contributed by atoms with Crippen LogP contribution in [-0.2, 0) is 9.59 Å². The van der Waals surface area contributed by atoms with Crippen molar-refractivity contribution in [1.29, 1.82) is 0 Å². The number of amides is 3. The number of benzene rings is 1. The van der Waals surface area contributed by atoms with Gasteiger partial charge in [0, 0.05) is 36.1 Å². The summed E-state index contributed by atoms with van der Waals surface area (Å²) in [5, 5.41) is 5.36. The zero-order chi connectivity index (χ0) is 18.1. The number of rotatable bonds is 7. The second-order valence-electron chi connectivity index (χ2n) is 6.08. The van der Waals surface area contributed by atoms with Crippen molar-refractivity contribution in [1.82, 2.24) is 15.5 Å². The largest absolute Gasteiger partial charge is 0.355 e. The van der Waals surface area contributed by atoms with Crippen molar-refractivity contribution in [2.24, 2.45) is 0 Å². The number of nitrogens with one attached hydrogen (secondary N) is 2. The van der Waals surface area contributed by atoms with Gasteiger partial charge in [-0.1, -0.05) is 22.4 Å². The average Bonchev–Trinajstić information content (AvgIpc) is 2.81. The van der Waals surface area contributed by atoms with Crippen LogP contribution in [0, 0.1) is 0 Å². The van der Waals surface area contributed by atoms with Gasteiger partial charge in [-0.3, -0.25) is 14.4 Å². The molecule has 25 heavy (non-hydrogen) atoms. The van der Waals surface area contributed by atoms with Crippen molar-refractivity contribution >= 4 is 33.7 Å². The number of halogens is 1. The van der Waals surface area contributed by atoms with E-state index in [1.165, 1.54) is 0 Å². The molecule has 0 saturated carbocycles. The van der Waals surface area contributed by atoms with E-state index in [0.717, 1.165) is 36.7 Å². The van der Waals surface area contributed by atoms with E-state index < -0.39 is 0 Å². The number of hydrogen-bond acceptors (Lipinski definition) is 3. The minimum Gasteiger partial charge on any atom is -0.355 e. The zero-order valence-electron chi connectivity index (χ0n) is 14.2. The highest BCUT2D eigenvalue weighted by molar-refractivity contribution is 9.10. The number of carbonyl (C=O) groups excluding carboxylic acids is 3. The summed E-state index contributed by atoms with van der Waals surface area (Å²) in [6.45, 7) is 1.93. The Hall–Kier alpha value is -1.89. The molecule has 2 rings (SSSR count). The third-order valence-corrected chi connectivity index (χ3v) is 4.64. The van der Waals surface area contributed by atoms with Gasteiger partial charge in [-0.25, -0.2) is 0 Å². The van der Waals surface area contributed by atoms with Crippen LogP contribution in [0.4, 0.5) is 0 Å². The van der Waals surface area contributed by atoms with E-state index in [2.05, 4.69) is 26.6 Å². The van der Waals surface area contributed by atoms with Crippen molar-refractivity contribution in [3.8, 4) is 0 Å². The Balaban J connectivity index is 1.61. The lowest BCUT2D eigenvalue weighted by Gasteiger charge is -2.20. The fourth-order valence-corrected chi connectivity index (χ4v) is 2.96. The lowest BCUT2D eigenvalue weighted by Crippen LogP contribution is -2.38. The zero-order valence-corrected chi connectivity index (χ0v) is 15.8. The summed E-state index contributed by atoms with van der Waals surface area (Å²) in [5.41, 5.74) is 0.510. The molecule has 0 spiro atoms. The van der Waals surface area contributed by atoms with Gasteiger partial charge in [0.1, 0.15) is 0 Å². The standard InChI is InChI=1S/C18H24BrN3O3/c19-15-8-6-14(7-9-15)18(25)21-13-16(23)20-10-4-12-22-11-3-1-2-5-17(22)24/h6-9H,1-5,10-13H2,(H,20,23)(H,21,25). The molecule has 0 bridgehead atoms. The van der Waals surface area contributed by atoms with Crippen LogP contribution < -0.4 is 10.6 Å². The molecule has 0 unspecified atom stereocenters. The molecule has 1 saturated heterocycles. The Morgan fingerprint density at radius 2 is 1.84 bits per heavy atom. The normalized spacial score (nSPS) is 14.8. The highest BCUT2D eigenvalue weighted by Gasteiger charge is 2.15. The predicted octanol–water partition coefficient (Wildman–Crippen LogP) is 2.09. The van der Waals surface area contributed by atoms with Crippen LogP contribution in [-0.4, -0.2) is 48.8 Å². The molecular formula is C18H24BrN3O3. The van der Waals surface area contributed by atoms with Crippen LogP contribution in [0.2, 0.25) is 0 Å². The second kappa shape index (κ2) is 10.2. The molecule has 136 valence electrons. The first-order chi connectivity index (χ1) is 12.1. The third kappa shape index (κ3) is 6.86. The lowest BCUT2D eigenvalue weighted by molar-refractivity contribution is -0.130. The first-order valence-electron chi connectivity index (χ1n) is 8.64. The molecule has 2 N–H and O–H groups in total. The van der Waals surface area contributed by atoms with Gasteiger partial charge in [-0.2, -0.15) is 0 Å². The summed E-state index contributed by atoms with van der Waals surface area (Å²) >= 11 is 3.31. The number of likely N-dealkylation sites (tertiary alicyclic amines) is 1. The third-order valence-electron chi connectivity index (χ3n) is 4.11. The van der Waals surface area contributed by atoms with Crippen molar-refractivity contribution in [3.05, 3.63) is 34.3 Å². The van der Waals surface area contributed by atoms with Crippen LogP contribution >= 0.6 is 15.9 Å². The van der Waals surface area contributed by atoms with Crippen molar-refractivity contribution in [2.45, 2.75) is 32.1 Å². The van der Waals surface area contributed by atoms with Crippen LogP contribution in [0.5, 0.6) is 0 Å². The summed E-state index contributed by atoms with van der Waals surface area (Å²) in [7, 11) is 0. The molecule has 0 aromatic heterocycles. The molecule has 6 nitrogen and oxygen atoms in total. The number of carbonyl (C=O) groups is 3. The van der Waals surface area contributed by atoms with Gasteiger partial charge in [0.25, 0.3) is 5.91 Å². The van der Waals surface area contributed by atoms with Gasteiger partial charge in [-0.05, 0) is 43.5 Å². The smallest absolute Gasteiger partial charge is 0.251 e. The quantitative estimate of drug-likeness (QED) is 0.676.